The maximum Gasteiger partial charge on any atom is 0.0573 e. The molecule has 0 aromatic carbocycles. The smallest absolute Gasteiger partial charge is 0.0573 e. The van der Waals surface area contributed by atoms with Crippen molar-refractivity contribution in [2.45, 2.75) is 51.6 Å². The lowest BCUT2D eigenvalue weighted by Gasteiger charge is -2.43. The predicted molar refractivity (Wildman–Crippen MR) is 49.9 cm³/mol. The Morgan fingerprint density at radius 3 is 2.33 bits per heavy atom. The third-order valence-electron chi connectivity index (χ3n) is 3.95. The van der Waals surface area contributed by atoms with Crippen molar-refractivity contribution < 1.29 is 5.11 Å². The molecule has 1 nitrogen and oxygen atoms in total. The Balaban J connectivity index is 2.07. The van der Waals surface area contributed by atoms with E-state index in [-0.39, 0.29) is 6.10 Å². The van der Waals surface area contributed by atoms with Gasteiger partial charge in [0.2, 0.25) is 0 Å². The van der Waals surface area contributed by atoms with Crippen LogP contribution < -0.4 is 0 Å². The Morgan fingerprint density at radius 2 is 1.67 bits per heavy atom. The zero-order valence-electron chi connectivity index (χ0n) is 8.00. The van der Waals surface area contributed by atoms with E-state index in [0.29, 0.717) is 5.92 Å². The van der Waals surface area contributed by atoms with E-state index in [2.05, 4.69) is 6.92 Å². The first-order chi connectivity index (χ1) is 5.79. The van der Waals surface area contributed by atoms with Gasteiger partial charge in [-0.3, -0.25) is 0 Å². The van der Waals surface area contributed by atoms with Crippen LogP contribution >= 0.6 is 0 Å². The molecule has 0 saturated heterocycles. The van der Waals surface area contributed by atoms with E-state index in [9.17, 15) is 5.11 Å². The highest BCUT2D eigenvalue weighted by Crippen LogP contribution is 2.43. The lowest BCUT2D eigenvalue weighted by molar-refractivity contribution is -0.0188. The summed E-state index contributed by atoms with van der Waals surface area (Å²) in [7, 11) is 0. The molecule has 2 fully saturated rings. The molecule has 1 N–H and O–H groups in total. The summed E-state index contributed by atoms with van der Waals surface area (Å²) < 4.78 is 0. The van der Waals surface area contributed by atoms with Crippen LogP contribution in [-0.2, 0) is 0 Å². The van der Waals surface area contributed by atoms with Gasteiger partial charge in [0.15, 0.2) is 0 Å². The Hall–Kier alpha value is -0.0400. The number of aliphatic hydroxyl groups is 1. The van der Waals surface area contributed by atoms with Crippen molar-refractivity contribution in [1.29, 1.82) is 0 Å². The summed E-state index contributed by atoms with van der Waals surface area (Å²) in [5, 5.41) is 9.87. The minimum atomic E-state index is 0.0269. The number of fused-ring (bicyclic) bond motifs is 1. The number of aliphatic hydroxyl groups excluding tert-OH is 1. The van der Waals surface area contributed by atoms with Crippen LogP contribution in [0.3, 0.4) is 0 Å². The second-order valence-corrected chi connectivity index (χ2v) is 4.74. The number of hydrogen-bond acceptors (Lipinski definition) is 1. The largest absolute Gasteiger partial charge is 0.393 e. The van der Waals surface area contributed by atoms with Crippen LogP contribution in [0.4, 0.5) is 0 Å². The second-order valence-electron chi connectivity index (χ2n) is 4.74. The van der Waals surface area contributed by atoms with E-state index < -0.39 is 0 Å². The first-order valence-corrected chi connectivity index (χ1v) is 5.47. The first-order valence-electron chi connectivity index (χ1n) is 5.47. The van der Waals surface area contributed by atoms with Crippen molar-refractivity contribution in [1.82, 2.24) is 0 Å². The zero-order valence-corrected chi connectivity index (χ0v) is 8.00. The molecule has 0 amide bonds. The summed E-state index contributed by atoms with van der Waals surface area (Å²) in [6.45, 7) is 2.32. The normalized spacial score (nSPS) is 48.5. The van der Waals surface area contributed by atoms with Crippen LogP contribution in [0.15, 0.2) is 0 Å². The topological polar surface area (TPSA) is 20.2 Å². The molecule has 0 spiro atoms. The van der Waals surface area contributed by atoms with E-state index >= 15 is 0 Å². The third-order valence-corrected chi connectivity index (χ3v) is 3.95. The Bertz CT molecular complexity index is 139. The minimum Gasteiger partial charge on any atom is -0.393 e. The van der Waals surface area contributed by atoms with Crippen LogP contribution in [0, 0.1) is 17.8 Å². The maximum absolute atomic E-state index is 9.87. The summed E-state index contributed by atoms with van der Waals surface area (Å²) >= 11 is 0. The summed E-state index contributed by atoms with van der Waals surface area (Å²) in [5.74, 6) is 2.28. The van der Waals surface area contributed by atoms with Crippen LogP contribution in [-0.4, -0.2) is 11.2 Å². The van der Waals surface area contributed by atoms with Crippen LogP contribution in [0.1, 0.15) is 45.4 Å². The van der Waals surface area contributed by atoms with Crippen molar-refractivity contribution in [2.75, 3.05) is 0 Å². The lowest BCUT2D eigenvalue weighted by Crippen LogP contribution is -2.39. The van der Waals surface area contributed by atoms with Gasteiger partial charge in [0.1, 0.15) is 0 Å². The van der Waals surface area contributed by atoms with Gasteiger partial charge < -0.3 is 5.11 Å². The lowest BCUT2D eigenvalue weighted by atomic mass is 9.65. The van der Waals surface area contributed by atoms with E-state index in [4.69, 9.17) is 0 Å². The molecule has 2 rings (SSSR count). The molecule has 70 valence electrons. The van der Waals surface area contributed by atoms with Crippen LogP contribution in [0.25, 0.3) is 0 Å². The summed E-state index contributed by atoms with van der Waals surface area (Å²) in [5.41, 5.74) is 0. The second kappa shape index (κ2) is 3.37. The van der Waals surface area contributed by atoms with Crippen molar-refractivity contribution in [3.63, 3.8) is 0 Å². The van der Waals surface area contributed by atoms with Gasteiger partial charge in [0.05, 0.1) is 6.10 Å². The fourth-order valence-corrected chi connectivity index (χ4v) is 3.36. The molecule has 4 unspecified atom stereocenters. The monoisotopic (exact) mass is 168 g/mol. The number of hydrogen-bond donors (Lipinski definition) is 1. The fourth-order valence-electron chi connectivity index (χ4n) is 3.36. The molecule has 0 aromatic rings. The molecule has 0 aliphatic heterocycles. The van der Waals surface area contributed by atoms with Crippen molar-refractivity contribution in [3.05, 3.63) is 0 Å². The molecule has 12 heavy (non-hydrogen) atoms. The van der Waals surface area contributed by atoms with Gasteiger partial charge in [-0.2, -0.15) is 0 Å². The summed E-state index contributed by atoms with van der Waals surface area (Å²) in [4.78, 5) is 0. The SMILES string of the molecule is CC1CCCC2CCCC(O)C12. The maximum atomic E-state index is 9.87. The average Bonchev–Trinajstić information content (AvgIpc) is 2.04. The van der Waals surface area contributed by atoms with Crippen LogP contribution in [0.5, 0.6) is 0 Å². The Kier molecular flexibility index (Phi) is 2.40. The highest BCUT2D eigenvalue weighted by Gasteiger charge is 2.37. The van der Waals surface area contributed by atoms with Crippen molar-refractivity contribution in [2.24, 2.45) is 17.8 Å². The molecule has 2 aliphatic carbocycles. The molecular formula is C11H20O. The molecular weight excluding hydrogens is 148 g/mol. The van der Waals surface area contributed by atoms with Gasteiger partial charge in [-0.1, -0.05) is 32.6 Å². The van der Waals surface area contributed by atoms with E-state index in [0.717, 1.165) is 18.3 Å². The zero-order chi connectivity index (χ0) is 8.55. The number of rotatable bonds is 0. The average molecular weight is 168 g/mol. The highest BCUT2D eigenvalue weighted by atomic mass is 16.3. The minimum absolute atomic E-state index is 0.0269. The standard InChI is InChI=1S/C11H20O/c1-8-4-2-5-9-6-3-7-10(12)11(8)9/h8-12H,2-7H2,1H3. The molecule has 0 bridgehead atoms. The van der Waals surface area contributed by atoms with Gasteiger partial charge in [-0.05, 0) is 30.6 Å². The molecule has 0 aromatic heterocycles. The molecule has 0 radical (unpaired) electrons. The van der Waals surface area contributed by atoms with Gasteiger partial charge in [0, 0.05) is 0 Å². The van der Waals surface area contributed by atoms with Gasteiger partial charge >= 0.3 is 0 Å². The van der Waals surface area contributed by atoms with E-state index in [1.165, 1.54) is 32.1 Å². The Morgan fingerprint density at radius 1 is 1.00 bits per heavy atom. The highest BCUT2D eigenvalue weighted by molar-refractivity contribution is 4.88. The van der Waals surface area contributed by atoms with E-state index in [1.54, 1.807) is 0 Å². The fraction of sp³-hybridized carbons (Fsp3) is 1.00. The predicted octanol–water partition coefficient (Wildman–Crippen LogP) is 2.58. The molecule has 0 heterocycles. The third kappa shape index (κ3) is 1.39. The van der Waals surface area contributed by atoms with Crippen LogP contribution in [0.2, 0.25) is 0 Å². The van der Waals surface area contributed by atoms with Crippen molar-refractivity contribution in [3.8, 4) is 0 Å². The van der Waals surface area contributed by atoms with Gasteiger partial charge in [-0.15, -0.1) is 0 Å². The molecule has 2 aliphatic rings. The molecule has 4 atom stereocenters. The van der Waals surface area contributed by atoms with Gasteiger partial charge in [-0.25, -0.2) is 0 Å². The van der Waals surface area contributed by atoms with E-state index in [1.807, 2.05) is 0 Å². The molecule has 1 heteroatoms. The molecule has 2 saturated carbocycles. The Labute approximate surface area is 75.2 Å². The quantitative estimate of drug-likeness (QED) is 0.589. The summed E-state index contributed by atoms with van der Waals surface area (Å²) in [6.07, 6.45) is 7.85. The first kappa shape index (κ1) is 8.55. The van der Waals surface area contributed by atoms with Gasteiger partial charge in [0.25, 0.3) is 0 Å². The summed E-state index contributed by atoms with van der Waals surface area (Å²) in [6, 6.07) is 0. The van der Waals surface area contributed by atoms with Crippen molar-refractivity contribution >= 4 is 0 Å².